The molecule has 0 amide bonds. The van der Waals surface area contributed by atoms with E-state index in [9.17, 15) is 0 Å². The predicted octanol–water partition coefficient (Wildman–Crippen LogP) is 3.56. The predicted molar refractivity (Wildman–Crippen MR) is 58.2 cm³/mol. The summed E-state index contributed by atoms with van der Waals surface area (Å²) in [6.07, 6.45) is 4.28. The first kappa shape index (κ1) is 8.64. The Bertz CT molecular complexity index is 366. The van der Waals surface area contributed by atoms with Gasteiger partial charge in [0.1, 0.15) is 0 Å². The molecule has 68 valence electrons. The van der Waals surface area contributed by atoms with Crippen molar-refractivity contribution in [3.63, 3.8) is 0 Å². The summed E-state index contributed by atoms with van der Waals surface area (Å²) >= 11 is 5.91. The van der Waals surface area contributed by atoms with Crippen LogP contribution >= 0.6 is 11.6 Å². The summed E-state index contributed by atoms with van der Waals surface area (Å²) in [4.78, 5) is 0. The molecule has 1 aliphatic heterocycles. The third kappa shape index (κ3) is 1.70. The highest BCUT2D eigenvalue weighted by Gasteiger charge is 2.18. The first-order chi connectivity index (χ1) is 6.07. The molecule has 2 rings (SSSR count). The molecular formula is C11H12ClN. The lowest BCUT2D eigenvalue weighted by molar-refractivity contribution is 0.711. The Kier molecular flexibility index (Phi) is 1.85. The molecule has 0 aliphatic carbocycles. The Morgan fingerprint density at radius 2 is 2.08 bits per heavy atom. The lowest BCUT2D eigenvalue weighted by Gasteiger charge is -2.28. The van der Waals surface area contributed by atoms with Gasteiger partial charge in [-0.3, -0.25) is 0 Å². The monoisotopic (exact) mass is 193 g/mol. The van der Waals surface area contributed by atoms with Crippen LogP contribution in [0.15, 0.2) is 24.3 Å². The van der Waals surface area contributed by atoms with Crippen LogP contribution < -0.4 is 5.32 Å². The van der Waals surface area contributed by atoms with Gasteiger partial charge in [0.05, 0.1) is 5.54 Å². The van der Waals surface area contributed by atoms with E-state index < -0.39 is 0 Å². The van der Waals surface area contributed by atoms with Crippen LogP contribution in [0.2, 0.25) is 5.02 Å². The molecule has 0 atom stereocenters. The van der Waals surface area contributed by atoms with Crippen LogP contribution in [0.5, 0.6) is 0 Å². The summed E-state index contributed by atoms with van der Waals surface area (Å²) in [5, 5.41) is 4.18. The molecule has 1 aromatic carbocycles. The average Bonchev–Trinajstić information content (AvgIpc) is 2.01. The van der Waals surface area contributed by atoms with E-state index in [1.54, 1.807) is 0 Å². The number of fused-ring (bicyclic) bond motifs is 1. The Balaban J connectivity index is 2.48. The first-order valence-corrected chi connectivity index (χ1v) is 4.72. The summed E-state index contributed by atoms with van der Waals surface area (Å²) in [6, 6.07) is 5.89. The second-order valence-electron chi connectivity index (χ2n) is 3.91. The topological polar surface area (TPSA) is 12.0 Å². The number of hydrogen-bond acceptors (Lipinski definition) is 1. The maximum absolute atomic E-state index is 5.91. The van der Waals surface area contributed by atoms with Crippen molar-refractivity contribution < 1.29 is 0 Å². The number of halogens is 1. The van der Waals surface area contributed by atoms with Gasteiger partial charge in [-0.2, -0.15) is 0 Å². The van der Waals surface area contributed by atoms with E-state index in [0.717, 1.165) is 10.7 Å². The Morgan fingerprint density at radius 3 is 2.85 bits per heavy atom. The third-order valence-corrected chi connectivity index (χ3v) is 2.39. The van der Waals surface area contributed by atoms with Crippen LogP contribution in [-0.2, 0) is 0 Å². The van der Waals surface area contributed by atoms with E-state index >= 15 is 0 Å². The van der Waals surface area contributed by atoms with Crippen molar-refractivity contribution in [1.82, 2.24) is 0 Å². The minimum atomic E-state index is 0.0255. The molecule has 0 radical (unpaired) electrons. The molecule has 1 aliphatic rings. The molecule has 1 heterocycles. The van der Waals surface area contributed by atoms with Gasteiger partial charge in [-0.15, -0.1) is 0 Å². The molecule has 1 aromatic rings. The molecule has 0 bridgehead atoms. The molecule has 0 saturated carbocycles. The lowest BCUT2D eigenvalue weighted by Crippen LogP contribution is -2.30. The van der Waals surface area contributed by atoms with Crippen molar-refractivity contribution in [2.24, 2.45) is 0 Å². The van der Waals surface area contributed by atoms with Crippen LogP contribution in [0.4, 0.5) is 5.69 Å². The molecule has 0 fully saturated rings. The van der Waals surface area contributed by atoms with Gasteiger partial charge in [0.2, 0.25) is 0 Å². The Labute approximate surface area is 83.4 Å². The number of benzene rings is 1. The molecule has 2 heteroatoms. The molecule has 0 saturated heterocycles. The smallest absolute Gasteiger partial charge is 0.0503 e. The second kappa shape index (κ2) is 2.78. The van der Waals surface area contributed by atoms with Gasteiger partial charge in [0.25, 0.3) is 0 Å². The van der Waals surface area contributed by atoms with Crippen molar-refractivity contribution in [2.45, 2.75) is 19.4 Å². The van der Waals surface area contributed by atoms with Gasteiger partial charge in [-0.1, -0.05) is 29.8 Å². The summed E-state index contributed by atoms with van der Waals surface area (Å²) in [5.41, 5.74) is 2.33. The summed E-state index contributed by atoms with van der Waals surface area (Å²) in [7, 11) is 0. The van der Waals surface area contributed by atoms with Crippen molar-refractivity contribution in [3.05, 3.63) is 34.9 Å². The average molecular weight is 194 g/mol. The number of hydrogen-bond donors (Lipinski definition) is 1. The minimum absolute atomic E-state index is 0.0255. The van der Waals surface area contributed by atoms with Gasteiger partial charge in [-0.05, 0) is 31.5 Å². The lowest BCUT2D eigenvalue weighted by atomic mass is 9.97. The maximum atomic E-state index is 5.91. The summed E-state index contributed by atoms with van der Waals surface area (Å²) in [6.45, 7) is 4.26. The molecule has 0 unspecified atom stereocenters. The van der Waals surface area contributed by atoms with E-state index in [2.05, 4.69) is 31.3 Å². The minimum Gasteiger partial charge on any atom is -0.376 e. The van der Waals surface area contributed by atoms with Crippen molar-refractivity contribution >= 4 is 23.4 Å². The van der Waals surface area contributed by atoms with Gasteiger partial charge in [0.15, 0.2) is 0 Å². The number of anilines is 1. The quantitative estimate of drug-likeness (QED) is 0.665. The molecule has 1 nitrogen and oxygen atoms in total. The fourth-order valence-corrected chi connectivity index (χ4v) is 1.64. The van der Waals surface area contributed by atoms with Crippen molar-refractivity contribution in [3.8, 4) is 0 Å². The van der Waals surface area contributed by atoms with Gasteiger partial charge < -0.3 is 5.32 Å². The number of nitrogens with one attached hydrogen (secondary N) is 1. The van der Waals surface area contributed by atoms with Gasteiger partial charge in [-0.25, -0.2) is 0 Å². The number of rotatable bonds is 0. The van der Waals surface area contributed by atoms with Crippen molar-refractivity contribution in [2.75, 3.05) is 5.32 Å². The van der Waals surface area contributed by atoms with Crippen LogP contribution in [0.25, 0.3) is 6.08 Å². The van der Waals surface area contributed by atoms with Crippen LogP contribution in [0.3, 0.4) is 0 Å². The maximum Gasteiger partial charge on any atom is 0.0503 e. The van der Waals surface area contributed by atoms with Crippen LogP contribution in [0.1, 0.15) is 19.4 Å². The fraction of sp³-hybridized carbons (Fsp3) is 0.273. The summed E-state index contributed by atoms with van der Waals surface area (Å²) in [5.74, 6) is 0. The fourth-order valence-electron chi connectivity index (χ4n) is 1.47. The summed E-state index contributed by atoms with van der Waals surface area (Å²) < 4.78 is 0. The highest BCUT2D eigenvalue weighted by molar-refractivity contribution is 6.31. The zero-order valence-electron chi connectivity index (χ0n) is 7.76. The van der Waals surface area contributed by atoms with Gasteiger partial charge in [0, 0.05) is 10.7 Å². The highest BCUT2D eigenvalue weighted by Crippen LogP contribution is 2.29. The molecule has 0 aromatic heterocycles. The van der Waals surface area contributed by atoms with E-state index in [0.29, 0.717) is 0 Å². The molecule has 13 heavy (non-hydrogen) atoms. The molecule has 1 N–H and O–H groups in total. The highest BCUT2D eigenvalue weighted by atomic mass is 35.5. The molecule has 0 spiro atoms. The van der Waals surface area contributed by atoms with Crippen molar-refractivity contribution in [1.29, 1.82) is 0 Å². The van der Waals surface area contributed by atoms with E-state index in [-0.39, 0.29) is 5.54 Å². The standard InChI is InChI=1S/C11H12ClN/c1-11(2)6-5-8-3-4-9(12)7-10(8)13-11/h3-7,13H,1-2H3. The Hall–Kier alpha value is -0.950. The van der Waals surface area contributed by atoms with E-state index in [1.165, 1.54) is 5.56 Å². The van der Waals surface area contributed by atoms with Gasteiger partial charge >= 0.3 is 0 Å². The van der Waals surface area contributed by atoms with E-state index in [4.69, 9.17) is 11.6 Å². The SMILES string of the molecule is CC1(C)C=Cc2ccc(Cl)cc2N1. The molecular weight excluding hydrogens is 182 g/mol. The largest absolute Gasteiger partial charge is 0.376 e. The normalized spacial score (nSPS) is 17.8. The van der Waals surface area contributed by atoms with E-state index in [1.807, 2.05) is 18.2 Å². The zero-order valence-corrected chi connectivity index (χ0v) is 8.52. The zero-order chi connectivity index (χ0) is 9.47. The van der Waals surface area contributed by atoms with Crippen LogP contribution in [0, 0.1) is 0 Å². The first-order valence-electron chi connectivity index (χ1n) is 4.34. The Morgan fingerprint density at radius 1 is 1.31 bits per heavy atom. The van der Waals surface area contributed by atoms with Crippen LogP contribution in [-0.4, -0.2) is 5.54 Å². The second-order valence-corrected chi connectivity index (χ2v) is 4.35. The third-order valence-electron chi connectivity index (χ3n) is 2.15.